The minimum atomic E-state index is -0.740. The van der Waals surface area contributed by atoms with Gasteiger partial charge in [-0.3, -0.25) is 19.8 Å². The Bertz CT molecular complexity index is 549. The average Bonchev–Trinajstić information content (AvgIpc) is 2.53. The van der Waals surface area contributed by atoms with Crippen LogP contribution in [0.5, 0.6) is 5.75 Å². The fraction of sp³-hybridized carbons (Fsp3) is 0.562. The van der Waals surface area contributed by atoms with Crippen LogP contribution >= 0.6 is 0 Å². The number of nitro benzene ring substituents is 1. The molecular formula is C16H22N2O5. The third kappa shape index (κ3) is 5.86. The van der Waals surface area contributed by atoms with Gasteiger partial charge in [0.1, 0.15) is 12.4 Å². The molecule has 0 radical (unpaired) electrons. The molecule has 2 rings (SSSR count). The zero-order chi connectivity index (χ0) is 16.7. The molecule has 23 heavy (non-hydrogen) atoms. The number of non-ortho nitro benzene ring substituents is 1. The van der Waals surface area contributed by atoms with E-state index in [0.29, 0.717) is 18.3 Å². The van der Waals surface area contributed by atoms with E-state index in [-0.39, 0.29) is 12.1 Å². The first-order valence-electron chi connectivity index (χ1n) is 7.86. The number of hydrogen-bond donors (Lipinski definition) is 1. The van der Waals surface area contributed by atoms with E-state index in [9.17, 15) is 14.9 Å². The highest BCUT2D eigenvalue weighted by molar-refractivity contribution is 5.66. The first-order chi connectivity index (χ1) is 11.0. The smallest absolute Gasteiger partial charge is 0.303 e. The number of rotatable bonds is 8. The van der Waals surface area contributed by atoms with Crippen molar-refractivity contribution in [2.45, 2.75) is 25.7 Å². The first-order valence-corrected chi connectivity index (χ1v) is 7.86. The van der Waals surface area contributed by atoms with Crippen LogP contribution in [0.3, 0.4) is 0 Å². The van der Waals surface area contributed by atoms with Crippen molar-refractivity contribution in [1.29, 1.82) is 0 Å². The summed E-state index contributed by atoms with van der Waals surface area (Å²) >= 11 is 0. The van der Waals surface area contributed by atoms with Crippen LogP contribution in [0.25, 0.3) is 0 Å². The third-order valence-corrected chi connectivity index (χ3v) is 4.07. The van der Waals surface area contributed by atoms with Crippen molar-refractivity contribution >= 4 is 11.7 Å². The van der Waals surface area contributed by atoms with Crippen LogP contribution in [0.4, 0.5) is 5.69 Å². The summed E-state index contributed by atoms with van der Waals surface area (Å²) in [5, 5.41) is 19.5. The van der Waals surface area contributed by atoms with Crippen LogP contribution in [0.2, 0.25) is 0 Å². The number of nitrogens with zero attached hydrogens (tertiary/aromatic N) is 2. The quantitative estimate of drug-likeness (QED) is 0.584. The van der Waals surface area contributed by atoms with E-state index in [1.807, 2.05) is 0 Å². The fourth-order valence-electron chi connectivity index (χ4n) is 2.90. The van der Waals surface area contributed by atoms with Gasteiger partial charge in [-0.05, 0) is 37.8 Å². The average molecular weight is 322 g/mol. The van der Waals surface area contributed by atoms with Crippen molar-refractivity contribution in [1.82, 2.24) is 4.90 Å². The standard InChI is InChI=1S/C16H22N2O5/c19-16(20)7-6-13-3-2-8-17(12-13)9-10-23-15-5-1-4-14(11-15)18(21)22/h1,4-5,11,13H,2-3,6-10,12H2,(H,19,20). The Morgan fingerprint density at radius 3 is 3.04 bits per heavy atom. The predicted octanol–water partition coefficient (Wildman–Crippen LogP) is 2.55. The summed E-state index contributed by atoms with van der Waals surface area (Å²) in [6, 6.07) is 6.17. The zero-order valence-corrected chi connectivity index (χ0v) is 13.0. The lowest BCUT2D eigenvalue weighted by Gasteiger charge is -2.32. The molecule has 1 fully saturated rings. The van der Waals surface area contributed by atoms with Gasteiger partial charge in [0.2, 0.25) is 0 Å². The molecule has 0 saturated carbocycles. The Morgan fingerprint density at radius 2 is 2.30 bits per heavy atom. The number of hydrogen-bond acceptors (Lipinski definition) is 5. The van der Waals surface area contributed by atoms with E-state index in [0.717, 1.165) is 38.9 Å². The van der Waals surface area contributed by atoms with Crippen LogP contribution in [0, 0.1) is 16.0 Å². The SMILES string of the molecule is O=C(O)CCC1CCCN(CCOc2cccc([N+](=O)[O-])c2)C1. The predicted molar refractivity (Wildman–Crippen MR) is 84.6 cm³/mol. The van der Waals surface area contributed by atoms with Crippen molar-refractivity contribution in [2.75, 3.05) is 26.2 Å². The molecule has 126 valence electrons. The molecular weight excluding hydrogens is 300 g/mol. The van der Waals surface area contributed by atoms with Gasteiger partial charge in [-0.1, -0.05) is 6.07 Å². The van der Waals surface area contributed by atoms with Gasteiger partial charge in [0.15, 0.2) is 0 Å². The van der Waals surface area contributed by atoms with Gasteiger partial charge < -0.3 is 9.84 Å². The molecule has 1 saturated heterocycles. The van der Waals surface area contributed by atoms with Crippen molar-refractivity contribution < 1.29 is 19.6 Å². The third-order valence-electron chi connectivity index (χ3n) is 4.07. The molecule has 0 amide bonds. The summed E-state index contributed by atoms with van der Waals surface area (Å²) in [5.41, 5.74) is 0.0224. The van der Waals surface area contributed by atoms with Gasteiger partial charge >= 0.3 is 5.97 Å². The van der Waals surface area contributed by atoms with Crippen LogP contribution in [-0.2, 0) is 4.79 Å². The fourth-order valence-corrected chi connectivity index (χ4v) is 2.90. The molecule has 1 unspecified atom stereocenters. The molecule has 1 aliphatic rings. The molecule has 1 aromatic carbocycles. The second kappa shape index (κ2) is 8.47. The second-order valence-corrected chi connectivity index (χ2v) is 5.84. The van der Waals surface area contributed by atoms with Crippen molar-refractivity contribution in [3.63, 3.8) is 0 Å². The molecule has 0 bridgehead atoms. The zero-order valence-electron chi connectivity index (χ0n) is 13.0. The molecule has 1 aromatic rings. The maximum atomic E-state index is 10.7. The topological polar surface area (TPSA) is 92.9 Å². The van der Waals surface area contributed by atoms with Gasteiger partial charge in [-0.2, -0.15) is 0 Å². The van der Waals surface area contributed by atoms with E-state index in [2.05, 4.69) is 4.90 Å². The lowest BCUT2D eigenvalue weighted by molar-refractivity contribution is -0.384. The largest absolute Gasteiger partial charge is 0.492 e. The summed E-state index contributed by atoms with van der Waals surface area (Å²) in [6.45, 7) is 3.09. The minimum absolute atomic E-state index is 0.0224. The summed E-state index contributed by atoms with van der Waals surface area (Å²) in [7, 11) is 0. The number of piperidine rings is 1. The van der Waals surface area contributed by atoms with E-state index in [1.54, 1.807) is 12.1 Å². The highest BCUT2D eigenvalue weighted by Crippen LogP contribution is 2.22. The Balaban J connectivity index is 1.74. The number of aliphatic carboxylic acids is 1. The Kier molecular flexibility index (Phi) is 6.34. The molecule has 0 aromatic heterocycles. The van der Waals surface area contributed by atoms with Gasteiger partial charge in [-0.25, -0.2) is 0 Å². The number of nitro groups is 1. The lowest BCUT2D eigenvalue weighted by atomic mass is 9.93. The van der Waals surface area contributed by atoms with Crippen LogP contribution in [-0.4, -0.2) is 47.1 Å². The Morgan fingerprint density at radius 1 is 1.48 bits per heavy atom. The summed E-state index contributed by atoms with van der Waals surface area (Å²) in [6.07, 6.45) is 3.09. The molecule has 7 nitrogen and oxygen atoms in total. The Labute approximate surface area is 135 Å². The molecule has 0 spiro atoms. The van der Waals surface area contributed by atoms with E-state index >= 15 is 0 Å². The summed E-state index contributed by atoms with van der Waals surface area (Å²) in [4.78, 5) is 23.2. The molecule has 1 aliphatic heterocycles. The second-order valence-electron chi connectivity index (χ2n) is 5.84. The van der Waals surface area contributed by atoms with Crippen LogP contribution in [0.15, 0.2) is 24.3 Å². The number of ether oxygens (including phenoxy) is 1. The van der Waals surface area contributed by atoms with Crippen LogP contribution < -0.4 is 4.74 Å². The number of carboxylic acid groups (broad SMARTS) is 1. The number of carbonyl (C=O) groups is 1. The number of benzene rings is 1. The molecule has 1 heterocycles. The van der Waals surface area contributed by atoms with Crippen molar-refractivity contribution in [2.24, 2.45) is 5.92 Å². The summed E-state index contributed by atoms with van der Waals surface area (Å²) < 4.78 is 5.59. The molecule has 1 atom stereocenters. The van der Waals surface area contributed by atoms with Gasteiger partial charge in [0, 0.05) is 25.6 Å². The van der Waals surface area contributed by atoms with Gasteiger partial charge in [0.05, 0.1) is 11.0 Å². The summed E-state index contributed by atoms with van der Waals surface area (Å²) in [5.74, 6) is 0.187. The van der Waals surface area contributed by atoms with E-state index in [1.165, 1.54) is 12.1 Å². The molecule has 0 aliphatic carbocycles. The maximum Gasteiger partial charge on any atom is 0.303 e. The normalized spacial score (nSPS) is 18.5. The highest BCUT2D eigenvalue weighted by atomic mass is 16.6. The van der Waals surface area contributed by atoms with Crippen LogP contribution in [0.1, 0.15) is 25.7 Å². The molecule has 7 heteroatoms. The molecule has 1 N–H and O–H groups in total. The van der Waals surface area contributed by atoms with Crippen molar-refractivity contribution in [3.8, 4) is 5.75 Å². The monoisotopic (exact) mass is 322 g/mol. The minimum Gasteiger partial charge on any atom is -0.492 e. The number of carboxylic acids is 1. The number of likely N-dealkylation sites (tertiary alicyclic amines) is 1. The van der Waals surface area contributed by atoms with Crippen molar-refractivity contribution in [3.05, 3.63) is 34.4 Å². The Hall–Kier alpha value is -2.15. The first kappa shape index (κ1) is 17.2. The van der Waals surface area contributed by atoms with Gasteiger partial charge in [0.25, 0.3) is 5.69 Å². The maximum absolute atomic E-state index is 10.7. The van der Waals surface area contributed by atoms with E-state index < -0.39 is 10.9 Å². The van der Waals surface area contributed by atoms with E-state index in [4.69, 9.17) is 9.84 Å². The van der Waals surface area contributed by atoms with Gasteiger partial charge in [-0.15, -0.1) is 0 Å². The highest BCUT2D eigenvalue weighted by Gasteiger charge is 2.20. The lowest BCUT2D eigenvalue weighted by Crippen LogP contribution is -2.38.